The molecular weight excluding hydrogens is 304 g/mol. The summed E-state index contributed by atoms with van der Waals surface area (Å²) in [6, 6.07) is 10.9. The van der Waals surface area contributed by atoms with Crippen LogP contribution in [-0.4, -0.2) is 23.2 Å². The van der Waals surface area contributed by atoms with Crippen LogP contribution in [0.1, 0.15) is 45.4 Å². The molecule has 0 aromatic heterocycles. The van der Waals surface area contributed by atoms with Gasteiger partial charge >= 0.3 is 0 Å². The first kappa shape index (κ1) is 16.8. The predicted molar refractivity (Wildman–Crippen MR) is 96.3 cm³/mol. The molecule has 2 fully saturated rings. The lowest BCUT2D eigenvalue weighted by Gasteiger charge is -2.45. The second kappa shape index (κ2) is 7.71. The van der Waals surface area contributed by atoms with Crippen molar-refractivity contribution in [3.8, 4) is 0 Å². The molecule has 126 valence electrons. The summed E-state index contributed by atoms with van der Waals surface area (Å²) in [5, 5.41) is 3.39. The number of fused-ring (bicyclic) bond motifs is 2. The third kappa shape index (κ3) is 4.10. The van der Waals surface area contributed by atoms with Gasteiger partial charge in [-0.25, -0.2) is 0 Å². The van der Waals surface area contributed by atoms with E-state index >= 15 is 0 Å². The van der Waals surface area contributed by atoms with Gasteiger partial charge in [0.2, 0.25) is 5.91 Å². The number of nitrogens with one attached hydrogen (secondary N) is 1. The maximum atomic E-state index is 12.8. The Labute approximate surface area is 143 Å². The van der Waals surface area contributed by atoms with Crippen LogP contribution in [-0.2, 0) is 4.79 Å². The zero-order chi connectivity index (χ0) is 16.2. The van der Waals surface area contributed by atoms with Gasteiger partial charge in [0.25, 0.3) is 0 Å². The largest absolute Gasteiger partial charge is 0.352 e. The maximum Gasteiger partial charge on any atom is 0.233 e. The standard InChI is InChI=1S/C19H28N2OS/c1-2-17(23-16-9-4-3-5-10-16)19(22)21-18-13-7-6-8-14(18)12-15(20)11-13/h3-5,9-10,13-15,17-18H,2,6-8,11-12,20H2,1H3,(H,21,22). The molecule has 1 amide bonds. The first-order valence-electron chi connectivity index (χ1n) is 8.95. The van der Waals surface area contributed by atoms with Crippen molar-refractivity contribution in [1.29, 1.82) is 0 Å². The highest BCUT2D eigenvalue weighted by Crippen LogP contribution is 2.40. The number of rotatable bonds is 5. The van der Waals surface area contributed by atoms with Crippen LogP contribution in [0.15, 0.2) is 35.2 Å². The molecule has 4 heteroatoms. The van der Waals surface area contributed by atoms with Crippen LogP contribution >= 0.6 is 11.8 Å². The summed E-state index contributed by atoms with van der Waals surface area (Å²) in [7, 11) is 0. The van der Waals surface area contributed by atoms with E-state index < -0.39 is 0 Å². The minimum Gasteiger partial charge on any atom is -0.352 e. The van der Waals surface area contributed by atoms with Crippen LogP contribution in [0.3, 0.4) is 0 Å². The van der Waals surface area contributed by atoms with Crippen molar-refractivity contribution in [3.63, 3.8) is 0 Å². The molecule has 3 unspecified atom stereocenters. The van der Waals surface area contributed by atoms with E-state index in [0.717, 1.165) is 19.3 Å². The number of hydrogen-bond acceptors (Lipinski definition) is 3. The Morgan fingerprint density at radius 1 is 1.26 bits per heavy atom. The first-order chi connectivity index (χ1) is 11.2. The predicted octanol–water partition coefficient (Wildman–Crippen LogP) is 3.58. The summed E-state index contributed by atoms with van der Waals surface area (Å²) in [5.41, 5.74) is 6.19. The highest BCUT2D eigenvalue weighted by atomic mass is 32.2. The molecule has 1 aromatic carbocycles. The highest BCUT2D eigenvalue weighted by Gasteiger charge is 2.40. The van der Waals surface area contributed by atoms with E-state index in [1.807, 2.05) is 18.2 Å². The fourth-order valence-electron chi connectivity index (χ4n) is 4.27. The van der Waals surface area contributed by atoms with Gasteiger partial charge in [0.05, 0.1) is 5.25 Å². The quantitative estimate of drug-likeness (QED) is 0.810. The topological polar surface area (TPSA) is 55.1 Å². The third-order valence-corrected chi connectivity index (χ3v) is 6.75. The number of nitrogens with two attached hydrogens (primary N) is 1. The van der Waals surface area contributed by atoms with E-state index in [-0.39, 0.29) is 11.2 Å². The Morgan fingerprint density at radius 2 is 1.91 bits per heavy atom. The van der Waals surface area contributed by atoms with Gasteiger partial charge < -0.3 is 11.1 Å². The summed E-state index contributed by atoms with van der Waals surface area (Å²) in [6.45, 7) is 2.10. The van der Waals surface area contributed by atoms with Gasteiger partial charge in [-0.3, -0.25) is 4.79 Å². The van der Waals surface area contributed by atoms with Crippen LogP contribution in [0.4, 0.5) is 0 Å². The lowest BCUT2D eigenvalue weighted by Crippen LogP contribution is -2.55. The van der Waals surface area contributed by atoms with E-state index in [0.29, 0.717) is 23.9 Å². The van der Waals surface area contributed by atoms with Crippen LogP contribution in [0, 0.1) is 11.8 Å². The number of amides is 1. The van der Waals surface area contributed by atoms with Crippen LogP contribution in [0.25, 0.3) is 0 Å². The molecule has 2 aliphatic rings. The molecule has 2 bridgehead atoms. The molecule has 0 radical (unpaired) electrons. The van der Waals surface area contributed by atoms with Gasteiger partial charge in [0, 0.05) is 17.0 Å². The molecule has 0 spiro atoms. The average Bonchev–Trinajstić information content (AvgIpc) is 2.54. The first-order valence-corrected chi connectivity index (χ1v) is 9.83. The monoisotopic (exact) mass is 332 g/mol. The molecule has 3 N–H and O–H groups in total. The van der Waals surface area contributed by atoms with Crippen LogP contribution < -0.4 is 11.1 Å². The van der Waals surface area contributed by atoms with E-state index in [1.165, 1.54) is 24.2 Å². The van der Waals surface area contributed by atoms with Crippen LogP contribution in [0.2, 0.25) is 0 Å². The SMILES string of the molecule is CCC(Sc1ccccc1)C(=O)NC1C2CCCC1CC(N)C2. The summed E-state index contributed by atoms with van der Waals surface area (Å²) in [5.74, 6) is 1.38. The van der Waals surface area contributed by atoms with Crippen molar-refractivity contribution in [2.24, 2.45) is 17.6 Å². The molecule has 1 aromatic rings. The van der Waals surface area contributed by atoms with Crippen molar-refractivity contribution >= 4 is 17.7 Å². The Kier molecular flexibility index (Phi) is 5.65. The van der Waals surface area contributed by atoms with Crippen molar-refractivity contribution in [2.45, 2.75) is 67.7 Å². The Balaban J connectivity index is 1.63. The van der Waals surface area contributed by atoms with Gasteiger partial charge in [-0.2, -0.15) is 0 Å². The van der Waals surface area contributed by atoms with Gasteiger partial charge in [-0.1, -0.05) is 31.5 Å². The molecule has 0 aliphatic heterocycles. The second-order valence-corrected chi connectivity index (χ2v) is 8.32. The van der Waals surface area contributed by atoms with Crippen molar-refractivity contribution < 1.29 is 4.79 Å². The maximum absolute atomic E-state index is 12.8. The summed E-state index contributed by atoms with van der Waals surface area (Å²) in [6.07, 6.45) is 6.74. The number of carbonyl (C=O) groups excluding carboxylic acids is 1. The molecule has 3 rings (SSSR count). The van der Waals surface area contributed by atoms with Crippen molar-refractivity contribution in [2.75, 3.05) is 0 Å². The Bertz CT molecular complexity index is 507. The van der Waals surface area contributed by atoms with Gasteiger partial charge in [0.1, 0.15) is 0 Å². The fraction of sp³-hybridized carbons (Fsp3) is 0.632. The lowest BCUT2D eigenvalue weighted by molar-refractivity contribution is -0.122. The zero-order valence-corrected chi connectivity index (χ0v) is 14.7. The van der Waals surface area contributed by atoms with E-state index in [9.17, 15) is 4.79 Å². The normalized spacial score (nSPS) is 31.4. The molecular formula is C19H28N2OS. The minimum absolute atomic E-state index is 0.00581. The van der Waals surface area contributed by atoms with Gasteiger partial charge in [0.15, 0.2) is 0 Å². The minimum atomic E-state index is -0.00581. The number of thioether (sulfide) groups is 1. The summed E-state index contributed by atoms with van der Waals surface area (Å²) in [4.78, 5) is 14.0. The average molecular weight is 333 g/mol. The van der Waals surface area contributed by atoms with Crippen molar-refractivity contribution in [1.82, 2.24) is 5.32 Å². The molecule has 3 nitrogen and oxygen atoms in total. The molecule has 2 saturated carbocycles. The summed E-state index contributed by atoms with van der Waals surface area (Å²) < 4.78 is 0. The number of hydrogen-bond donors (Lipinski definition) is 2. The zero-order valence-electron chi connectivity index (χ0n) is 13.9. The van der Waals surface area contributed by atoms with E-state index in [1.54, 1.807) is 11.8 Å². The second-order valence-electron chi connectivity index (χ2n) is 7.04. The van der Waals surface area contributed by atoms with Gasteiger partial charge in [-0.05, 0) is 56.1 Å². The Hall–Kier alpha value is -1.00. The smallest absolute Gasteiger partial charge is 0.233 e. The lowest BCUT2D eigenvalue weighted by atomic mass is 9.67. The number of benzene rings is 1. The fourth-order valence-corrected chi connectivity index (χ4v) is 5.25. The molecule has 0 heterocycles. The molecule has 23 heavy (non-hydrogen) atoms. The summed E-state index contributed by atoms with van der Waals surface area (Å²) >= 11 is 1.68. The highest BCUT2D eigenvalue weighted by molar-refractivity contribution is 8.00. The van der Waals surface area contributed by atoms with E-state index in [2.05, 4.69) is 24.4 Å². The van der Waals surface area contributed by atoms with E-state index in [4.69, 9.17) is 5.73 Å². The van der Waals surface area contributed by atoms with Gasteiger partial charge in [-0.15, -0.1) is 11.8 Å². The molecule has 2 aliphatic carbocycles. The third-order valence-electron chi connectivity index (χ3n) is 5.37. The van der Waals surface area contributed by atoms with Crippen molar-refractivity contribution in [3.05, 3.63) is 30.3 Å². The molecule has 3 atom stereocenters. The Morgan fingerprint density at radius 3 is 2.52 bits per heavy atom. The molecule has 0 saturated heterocycles. The van der Waals surface area contributed by atoms with Crippen LogP contribution in [0.5, 0.6) is 0 Å². The number of carbonyl (C=O) groups is 1.